The average Bonchev–Trinajstić information content (AvgIpc) is 3.15. The molecule has 1 N–H and O–H groups in total. The first-order valence-electron chi connectivity index (χ1n) is 10.7. The molecular formula is C26H27NO2S. The van der Waals surface area contributed by atoms with Gasteiger partial charge in [-0.15, -0.1) is 11.3 Å². The number of nitrogens with zero attached hydrogens (tertiary/aromatic N) is 1. The summed E-state index contributed by atoms with van der Waals surface area (Å²) in [4.78, 5) is 17.5. The number of aryl methyl sites for hydroxylation is 2. The Kier molecular flexibility index (Phi) is 4.24. The lowest BCUT2D eigenvalue weighted by atomic mass is 9.62. The maximum Gasteiger partial charge on any atom is 0.335 e. The topological polar surface area (TPSA) is 50.2 Å². The molecule has 154 valence electrons. The zero-order valence-corrected chi connectivity index (χ0v) is 18.8. The minimum atomic E-state index is -0.899. The average molecular weight is 418 g/mol. The first-order chi connectivity index (χ1) is 14.2. The monoisotopic (exact) mass is 417 g/mol. The predicted octanol–water partition coefficient (Wildman–Crippen LogP) is 6.62. The van der Waals surface area contributed by atoms with E-state index in [1.165, 1.54) is 40.0 Å². The van der Waals surface area contributed by atoms with Gasteiger partial charge in [0.1, 0.15) is 5.01 Å². The van der Waals surface area contributed by atoms with E-state index in [9.17, 15) is 4.79 Å². The molecule has 4 heteroatoms. The predicted molar refractivity (Wildman–Crippen MR) is 123 cm³/mol. The maximum atomic E-state index is 11.1. The third-order valence-corrected chi connectivity index (χ3v) is 8.19. The van der Waals surface area contributed by atoms with E-state index in [0.29, 0.717) is 5.56 Å². The molecule has 0 unspecified atom stereocenters. The van der Waals surface area contributed by atoms with Gasteiger partial charge < -0.3 is 5.11 Å². The molecule has 0 atom stereocenters. The van der Waals surface area contributed by atoms with E-state index in [-0.39, 0.29) is 10.8 Å². The lowest BCUT2D eigenvalue weighted by Gasteiger charge is -2.42. The normalized spacial score (nSPS) is 18.3. The lowest BCUT2D eigenvalue weighted by Crippen LogP contribution is -2.34. The van der Waals surface area contributed by atoms with Crippen LogP contribution < -0.4 is 0 Å². The van der Waals surface area contributed by atoms with Crippen LogP contribution in [0.1, 0.15) is 72.5 Å². The van der Waals surface area contributed by atoms with Gasteiger partial charge in [0.25, 0.3) is 0 Å². The molecule has 0 spiro atoms. The van der Waals surface area contributed by atoms with Crippen molar-refractivity contribution >= 4 is 17.3 Å². The number of thiazole rings is 1. The molecule has 2 aliphatic rings. The fourth-order valence-electron chi connectivity index (χ4n) is 4.94. The number of hydrogen-bond acceptors (Lipinski definition) is 3. The molecule has 3 nitrogen and oxygen atoms in total. The van der Waals surface area contributed by atoms with Gasteiger partial charge in [-0.3, -0.25) is 0 Å². The number of aromatic carboxylic acids is 1. The highest BCUT2D eigenvalue weighted by Crippen LogP contribution is 2.49. The highest BCUT2D eigenvalue weighted by atomic mass is 32.1. The third kappa shape index (κ3) is 3.01. The Bertz CT molecular complexity index is 1170. The van der Waals surface area contributed by atoms with Crippen LogP contribution in [0.25, 0.3) is 21.8 Å². The summed E-state index contributed by atoms with van der Waals surface area (Å²) in [7, 11) is 0. The zero-order chi connectivity index (χ0) is 21.3. The van der Waals surface area contributed by atoms with Crippen LogP contribution in [0.5, 0.6) is 0 Å². The van der Waals surface area contributed by atoms with Crippen LogP contribution in [0.15, 0.2) is 36.4 Å². The second kappa shape index (κ2) is 6.52. The van der Waals surface area contributed by atoms with Gasteiger partial charge in [-0.1, -0.05) is 45.9 Å². The van der Waals surface area contributed by atoms with Crippen molar-refractivity contribution in [1.82, 2.24) is 4.98 Å². The van der Waals surface area contributed by atoms with Crippen molar-refractivity contribution in [3.8, 4) is 21.8 Å². The van der Waals surface area contributed by atoms with E-state index in [2.05, 4.69) is 39.8 Å². The van der Waals surface area contributed by atoms with Crippen LogP contribution in [0.2, 0.25) is 0 Å². The SMILES string of the molecule is CC1(C)CCC(C)(C)c2cc3c(cc21)CCc1sc(-c2ccc(C(=O)O)cc2)nc1-3. The van der Waals surface area contributed by atoms with E-state index in [0.717, 1.165) is 29.1 Å². The molecule has 2 aliphatic carbocycles. The molecule has 0 bridgehead atoms. The number of rotatable bonds is 2. The third-order valence-electron chi connectivity index (χ3n) is 7.03. The minimum Gasteiger partial charge on any atom is -0.478 e. The molecule has 0 radical (unpaired) electrons. The Labute approximate surface area is 181 Å². The highest BCUT2D eigenvalue weighted by molar-refractivity contribution is 7.15. The van der Waals surface area contributed by atoms with Gasteiger partial charge in [0.15, 0.2) is 0 Å². The van der Waals surface area contributed by atoms with E-state index in [4.69, 9.17) is 10.1 Å². The number of fused-ring (bicyclic) bond motifs is 4. The van der Waals surface area contributed by atoms with Crippen molar-refractivity contribution in [3.05, 3.63) is 63.5 Å². The number of carboxylic acid groups (broad SMARTS) is 1. The van der Waals surface area contributed by atoms with Crippen LogP contribution in [0.3, 0.4) is 0 Å². The standard InChI is InChI=1S/C26H27NO2S/c1-25(2)11-12-26(3,4)20-14-18-17(13-19(20)25)9-10-21-22(18)27-23(30-21)15-5-7-16(8-6-15)24(28)29/h5-8,13-14H,9-12H2,1-4H3,(H,28,29). The van der Waals surface area contributed by atoms with Gasteiger partial charge in [0.05, 0.1) is 11.3 Å². The number of carboxylic acids is 1. The fourth-order valence-corrected chi connectivity index (χ4v) is 6.03. The maximum absolute atomic E-state index is 11.1. The summed E-state index contributed by atoms with van der Waals surface area (Å²) in [6.07, 6.45) is 4.52. The Morgan fingerprint density at radius 1 is 0.967 bits per heavy atom. The molecule has 2 aromatic carbocycles. The van der Waals surface area contributed by atoms with Gasteiger partial charge in [0.2, 0.25) is 0 Å². The molecule has 1 aromatic heterocycles. The van der Waals surface area contributed by atoms with Crippen LogP contribution in [-0.4, -0.2) is 16.1 Å². The lowest BCUT2D eigenvalue weighted by molar-refractivity contribution is 0.0697. The first kappa shape index (κ1) is 19.5. The van der Waals surface area contributed by atoms with Crippen molar-refractivity contribution in [3.63, 3.8) is 0 Å². The van der Waals surface area contributed by atoms with E-state index < -0.39 is 5.97 Å². The van der Waals surface area contributed by atoms with Gasteiger partial charge in [-0.2, -0.15) is 0 Å². The first-order valence-corrected chi connectivity index (χ1v) is 11.5. The molecule has 0 fully saturated rings. The number of carbonyl (C=O) groups is 1. The summed E-state index contributed by atoms with van der Waals surface area (Å²) in [5, 5.41) is 10.1. The van der Waals surface area contributed by atoms with Crippen molar-refractivity contribution in [2.45, 2.75) is 64.2 Å². The second-order valence-corrected chi connectivity index (χ2v) is 11.1. The van der Waals surface area contributed by atoms with E-state index in [1.54, 1.807) is 23.5 Å². The highest BCUT2D eigenvalue weighted by Gasteiger charge is 2.38. The molecule has 1 heterocycles. The molecular weight excluding hydrogens is 390 g/mol. The smallest absolute Gasteiger partial charge is 0.335 e. The Balaban J connectivity index is 1.62. The van der Waals surface area contributed by atoms with Crippen molar-refractivity contribution in [1.29, 1.82) is 0 Å². The van der Waals surface area contributed by atoms with Crippen molar-refractivity contribution in [2.75, 3.05) is 0 Å². The summed E-state index contributed by atoms with van der Waals surface area (Å²) in [5.74, 6) is -0.899. The van der Waals surface area contributed by atoms with Crippen molar-refractivity contribution in [2.24, 2.45) is 0 Å². The molecule has 30 heavy (non-hydrogen) atoms. The number of benzene rings is 2. The minimum absolute atomic E-state index is 0.184. The van der Waals surface area contributed by atoms with Gasteiger partial charge in [0, 0.05) is 16.0 Å². The van der Waals surface area contributed by atoms with Gasteiger partial charge in [-0.25, -0.2) is 9.78 Å². The summed E-state index contributed by atoms with van der Waals surface area (Å²) in [6.45, 7) is 9.49. The van der Waals surface area contributed by atoms with E-state index in [1.807, 2.05) is 12.1 Å². The van der Waals surface area contributed by atoms with Crippen LogP contribution in [0, 0.1) is 0 Å². The molecule has 0 saturated carbocycles. The summed E-state index contributed by atoms with van der Waals surface area (Å²) < 4.78 is 0. The molecule has 5 rings (SSSR count). The van der Waals surface area contributed by atoms with E-state index >= 15 is 0 Å². The molecule has 0 aliphatic heterocycles. The van der Waals surface area contributed by atoms with Gasteiger partial charge >= 0.3 is 5.97 Å². The number of aromatic nitrogens is 1. The number of hydrogen-bond donors (Lipinski definition) is 1. The van der Waals surface area contributed by atoms with Crippen LogP contribution in [0.4, 0.5) is 0 Å². The fraction of sp³-hybridized carbons (Fsp3) is 0.385. The van der Waals surface area contributed by atoms with Crippen molar-refractivity contribution < 1.29 is 9.90 Å². The Hall–Kier alpha value is -2.46. The Morgan fingerprint density at radius 3 is 2.23 bits per heavy atom. The van der Waals surface area contributed by atoms with Crippen LogP contribution >= 0.6 is 11.3 Å². The molecule has 3 aromatic rings. The summed E-state index contributed by atoms with van der Waals surface area (Å²) in [5.41, 5.74) is 8.53. The second-order valence-electron chi connectivity index (χ2n) is 10.00. The molecule has 0 amide bonds. The quantitative estimate of drug-likeness (QED) is 0.509. The zero-order valence-electron chi connectivity index (χ0n) is 18.0. The molecule has 0 saturated heterocycles. The van der Waals surface area contributed by atoms with Gasteiger partial charge in [-0.05, 0) is 71.4 Å². The van der Waals surface area contributed by atoms with Crippen LogP contribution in [-0.2, 0) is 23.7 Å². The Morgan fingerprint density at radius 2 is 1.60 bits per heavy atom. The largest absolute Gasteiger partial charge is 0.478 e. The summed E-state index contributed by atoms with van der Waals surface area (Å²) >= 11 is 1.74. The summed E-state index contributed by atoms with van der Waals surface area (Å²) in [6, 6.07) is 12.0.